The maximum atomic E-state index is 13.0. The van der Waals surface area contributed by atoms with E-state index in [0.717, 1.165) is 60.9 Å². The van der Waals surface area contributed by atoms with E-state index in [9.17, 15) is 4.79 Å². The molecule has 0 unspecified atom stereocenters. The van der Waals surface area contributed by atoms with Gasteiger partial charge in [-0.1, -0.05) is 29.8 Å². The molecule has 1 amide bonds. The zero-order chi connectivity index (χ0) is 22.8. The van der Waals surface area contributed by atoms with Crippen LogP contribution in [0.1, 0.15) is 41.5 Å². The van der Waals surface area contributed by atoms with Gasteiger partial charge in [-0.05, 0) is 32.3 Å². The highest BCUT2D eigenvalue weighted by atomic mass is 16.5. The second kappa shape index (κ2) is 9.44. The molecule has 2 saturated heterocycles. The Kier molecular flexibility index (Phi) is 6.24. The highest BCUT2D eigenvalue weighted by molar-refractivity contribution is 5.79. The van der Waals surface area contributed by atoms with Crippen molar-refractivity contribution in [2.24, 2.45) is 5.92 Å². The Morgan fingerprint density at radius 3 is 2.67 bits per heavy atom. The van der Waals surface area contributed by atoms with Crippen molar-refractivity contribution >= 4 is 5.91 Å². The Hall–Kier alpha value is -3.04. The first-order chi connectivity index (χ1) is 16.1. The predicted octanol–water partition coefficient (Wildman–Crippen LogP) is 2.32. The van der Waals surface area contributed by atoms with Crippen LogP contribution >= 0.6 is 0 Å². The summed E-state index contributed by atoms with van der Waals surface area (Å²) in [7, 11) is 0. The van der Waals surface area contributed by atoms with Crippen LogP contribution in [0.15, 0.2) is 30.5 Å². The number of rotatable bonds is 6. The number of hydrogen-bond acceptors (Lipinski definition) is 6. The number of carbonyl (C=O) groups is 1. The molecule has 174 valence electrons. The summed E-state index contributed by atoms with van der Waals surface area (Å²) in [5.41, 5.74) is 4.53. The van der Waals surface area contributed by atoms with Crippen molar-refractivity contribution in [2.45, 2.75) is 45.2 Å². The number of aryl methyl sites for hydroxylation is 2. The van der Waals surface area contributed by atoms with Gasteiger partial charge in [-0.2, -0.15) is 10.2 Å². The molecular weight excluding hydrogens is 418 g/mol. The van der Waals surface area contributed by atoms with Crippen LogP contribution in [0.25, 0.3) is 11.3 Å². The van der Waals surface area contributed by atoms with Crippen molar-refractivity contribution < 1.29 is 9.53 Å². The molecule has 0 aliphatic carbocycles. The molecule has 0 saturated carbocycles. The lowest BCUT2D eigenvalue weighted by molar-refractivity contribution is -0.128. The molecule has 2 aliphatic rings. The summed E-state index contributed by atoms with van der Waals surface area (Å²) in [5, 5.41) is 18.2. The van der Waals surface area contributed by atoms with Crippen molar-refractivity contribution in [3.05, 3.63) is 53.2 Å². The minimum absolute atomic E-state index is 0.0179. The third-order valence-electron chi connectivity index (χ3n) is 6.71. The molecule has 3 N–H and O–H groups in total. The van der Waals surface area contributed by atoms with Gasteiger partial charge < -0.3 is 10.1 Å². The quantitative estimate of drug-likeness (QED) is 0.533. The van der Waals surface area contributed by atoms with Gasteiger partial charge in [-0.3, -0.25) is 19.9 Å². The third kappa shape index (κ3) is 4.84. The number of nitrogens with one attached hydrogen (secondary N) is 3. The summed E-state index contributed by atoms with van der Waals surface area (Å²) in [5.74, 6) is 1.72. The zero-order valence-corrected chi connectivity index (χ0v) is 19.2. The summed E-state index contributed by atoms with van der Waals surface area (Å²) < 4.78 is 5.42. The lowest BCUT2D eigenvalue weighted by Crippen LogP contribution is -2.44. The van der Waals surface area contributed by atoms with Crippen LogP contribution in [0, 0.1) is 19.8 Å². The average Bonchev–Trinajstić information content (AvgIpc) is 3.55. The number of nitrogens with zero attached hydrogens (tertiary/aromatic N) is 4. The van der Waals surface area contributed by atoms with Crippen LogP contribution < -0.4 is 5.32 Å². The summed E-state index contributed by atoms with van der Waals surface area (Å²) in [6.45, 7) is 7.55. The Balaban J connectivity index is 1.32. The van der Waals surface area contributed by atoms with E-state index in [1.165, 1.54) is 5.56 Å². The maximum Gasteiger partial charge on any atom is 0.223 e. The summed E-state index contributed by atoms with van der Waals surface area (Å²) >= 11 is 0. The highest BCUT2D eigenvalue weighted by Gasteiger charge is 2.38. The van der Waals surface area contributed by atoms with Gasteiger partial charge in [0, 0.05) is 44.3 Å². The average molecular weight is 450 g/mol. The Morgan fingerprint density at radius 1 is 1.15 bits per heavy atom. The fourth-order valence-electron chi connectivity index (χ4n) is 4.85. The van der Waals surface area contributed by atoms with Crippen LogP contribution in [-0.4, -0.2) is 68.5 Å². The molecule has 2 atom stereocenters. The van der Waals surface area contributed by atoms with Gasteiger partial charge in [0.05, 0.1) is 23.9 Å². The summed E-state index contributed by atoms with van der Waals surface area (Å²) in [6, 6.07) is 8.42. The minimum Gasteiger partial charge on any atom is -0.381 e. The van der Waals surface area contributed by atoms with Gasteiger partial charge in [0.15, 0.2) is 5.82 Å². The first-order valence-corrected chi connectivity index (χ1v) is 11.7. The van der Waals surface area contributed by atoms with Crippen molar-refractivity contribution in [1.29, 1.82) is 0 Å². The Labute approximate surface area is 193 Å². The highest BCUT2D eigenvalue weighted by Crippen LogP contribution is 2.30. The van der Waals surface area contributed by atoms with Crippen LogP contribution in [0.5, 0.6) is 0 Å². The van der Waals surface area contributed by atoms with Crippen LogP contribution in [-0.2, 0) is 16.1 Å². The third-order valence-corrected chi connectivity index (χ3v) is 6.71. The molecule has 2 aromatic heterocycles. The number of amides is 1. The number of hydrogen-bond donors (Lipinski definition) is 3. The minimum atomic E-state index is -0.0368. The molecule has 2 fully saturated rings. The molecule has 33 heavy (non-hydrogen) atoms. The van der Waals surface area contributed by atoms with Crippen LogP contribution in [0.4, 0.5) is 0 Å². The zero-order valence-electron chi connectivity index (χ0n) is 19.2. The molecule has 2 aliphatic heterocycles. The molecule has 9 heteroatoms. The molecule has 3 aromatic rings. The number of ether oxygens (including phenoxy) is 1. The van der Waals surface area contributed by atoms with Crippen molar-refractivity contribution in [2.75, 3.05) is 26.3 Å². The van der Waals surface area contributed by atoms with E-state index in [2.05, 4.69) is 66.8 Å². The number of aromatic amines is 2. The molecule has 5 rings (SSSR count). The molecule has 0 spiro atoms. The number of H-pyrrole nitrogens is 2. The number of carbonyl (C=O) groups excluding carboxylic acids is 1. The monoisotopic (exact) mass is 449 g/mol. The van der Waals surface area contributed by atoms with E-state index in [1.807, 2.05) is 13.1 Å². The van der Waals surface area contributed by atoms with E-state index in [4.69, 9.17) is 4.74 Å². The lowest BCUT2D eigenvalue weighted by atomic mass is 9.97. The normalized spacial score (nSPS) is 22.0. The molecule has 9 nitrogen and oxygen atoms in total. The smallest absolute Gasteiger partial charge is 0.223 e. The van der Waals surface area contributed by atoms with Crippen LogP contribution in [0.2, 0.25) is 0 Å². The van der Waals surface area contributed by atoms with Gasteiger partial charge in [0.25, 0.3) is 0 Å². The van der Waals surface area contributed by atoms with Gasteiger partial charge in [-0.15, -0.1) is 0 Å². The van der Waals surface area contributed by atoms with Gasteiger partial charge >= 0.3 is 0 Å². The van der Waals surface area contributed by atoms with E-state index in [-0.39, 0.29) is 23.8 Å². The van der Waals surface area contributed by atoms with E-state index in [1.54, 1.807) is 0 Å². The number of aromatic nitrogens is 5. The fourth-order valence-corrected chi connectivity index (χ4v) is 4.85. The topological polar surface area (TPSA) is 112 Å². The number of likely N-dealkylation sites (tertiary alicyclic amines) is 1. The van der Waals surface area contributed by atoms with Crippen LogP contribution in [0.3, 0.4) is 0 Å². The Bertz CT molecular complexity index is 1080. The summed E-state index contributed by atoms with van der Waals surface area (Å²) in [6.07, 6.45) is 3.46. The molecule has 1 aromatic carbocycles. The SMILES string of the molecule is Cc1ccc(-c2[nH]ncc2CN2C[C@@H](NC(=O)C3CCOCC3)[C@H](c3n[nH]c(C)n3)C2)cc1. The van der Waals surface area contributed by atoms with E-state index >= 15 is 0 Å². The van der Waals surface area contributed by atoms with Gasteiger partial charge in [-0.25, -0.2) is 4.98 Å². The maximum absolute atomic E-state index is 13.0. The molecule has 4 heterocycles. The van der Waals surface area contributed by atoms with Crippen molar-refractivity contribution in [3.8, 4) is 11.3 Å². The lowest BCUT2D eigenvalue weighted by Gasteiger charge is -2.25. The number of benzene rings is 1. The van der Waals surface area contributed by atoms with Crippen molar-refractivity contribution in [1.82, 2.24) is 35.6 Å². The largest absolute Gasteiger partial charge is 0.381 e. The Morgan fingerprint density at radius 2 is 1.94 bits per heavy atom. The summed E-state index contributed by atoms with van der Waals surface area (Å²) in [4.78, 5) is 19.9. The molecule has 0 bridgehead atoms. The van der Waals surface area contributed by atoms with Gasteiger partial charge in [0.2, 0.25) is 5.91 Å². The molecular formula is C24H31N7O2. The van der Waals surface area contributed by atoms with Gasteiger partial charge in [0.1, 0.15) is 5.82 Å². The second-order valence-corrected chi connectivity index (χ2v) is 9.22. The van der Waals surface area contributed by atoms with E-state index < -0.39 is 0 Å². The standard InChI is InChI=1S/C24H31N7O2/c1-15-3-5-17(6-4-15)22-19(11-25-29-22)12-31-13-20(23-26-16(2)28-30-23)21(14-31)27-24(32)18-7-9-33-10-8-18/h3-6,11,18,20-21H,7-10,12-14H2,1-2H3,(H,25,29)(H,27,32)(H,26,28,30)/t20-,21-/m1/s1. The first-order valence-electron chi connectivity index (χ1n) is 11.7. The second-order valence-electron chi connectivity index (χ2n) is 9.22. The fraction of sp³-hybridized carbons (Fsp3) is 0.500. The van der Waals surface area contributed by atoms with Crippen molar-refractivity contribution in [3.63, 3.8) is 0 Å². The van der Waals surface area contributed by atoms with E-state index in [0.29, 0.717) is 13.2 Å². The predicted molar refractivity (Wildman–Crippen MR) is 123 cm³/mol. The molecule has 0 radical (unpaired) electrons. The first kappa shape index (κ1) is 21.8.